The van der Waals surface area contributed by atoms with Crippen LogP contribution in [0.4, 0.5) is 10.8 Å². The molecule has 7 heterocycles. The molecule has 0 spiro atoms. The molecule has 0 aliphatic carbocycles. The number of nitriles is 1. The van der Waals surface area contributed by atoms with Gasteiger partial charge in [-0.1, -0.05) is 38.8 Å². The van der Waals surface area contributed by atoms with E-state index in [-0.39, 0.29) is 6.04 Å². The maximum absolute atomic E-state index is 10.5. The third kappa shape index (κ3) is 5.81. The Morgan fingerprint density at radius 1 is 1.15 bits per heavy atom. The summed E-state index contributed by atoms with van der Waals surface area (Å²) in [5, 5.41) is 32.0. The summed E-state index contributed by atoms with van der Waals surface area (Å²) in [6.07, 6.45) is 10.1. The summed E-state index contributed by atoms with van der Waals surface area (Å²) >= 11 is 1.45. The first-order chi connectivity index (χ1) is 23.1. The number of hydrogen-bond donors (Lipinski definition) is 2. The molecule has 4 aromatic heterocycles. The number of nitrogen functional groups attached to an aromatic ring is 1. The van der Waals surface area contributed by atoms with Gasteiger partial charge in [0.1, 0.15) is 32.6 Å². The topological polar surface area (TPSA) is 146 Å². The molecule has 2 unspecified atom stereocenters. The van der Waals surface area contributed by atoms with Crippen molar-refractivity contribution in [2.24, 2.45) is 5.92 Å². The van der Waals surface area contributed by atoms with Gasteiger partial charge >= 0.3 is 0 Å². The van der Waals surface area contributed by atoms with Crippen LogP contribution in [0.3, 0.4) is 0 Å². The average molecular weight is 663 g/mol. The first kappa shape index (κ1) is 33.1. The summed E-state index contributed by atoms with van der Waals surface area (Å²) in [5.74, 6) is 2.51. The number of nitrogens with zero attached hydrogens (tertiary/aromatic N) is 8. The van der Waals surface area contributed by atoms with Crippen molar-refractivity contribution < 1.29 is 9.63 Å². The van der Waals surface area contributed by atoms with Crippen LogP contribution in [0, 0.1) is 17.2 Å². The molecule has 0 amide bonds. The third-order valence-electron chi connectivity index (χ3n) is 10.4. The van der Waals surface area contributed by atoms with Crippen molar-refractivity contribution in [3.63, 3.8) is 0 Å². The van der Waals surface area contributed by atoms with Crippen molar-refractivity contribution in [3.05, 3.63) is 21.7 Å². The Bertz CT molecular complexity index is 1860. The van der Waals surface area contributed by atoms with Crippen LogP contribution >= 0.6 is 11.3 Å². The van der Waals surface area contributed by atoms with E-state index in [1.165, 1.54) is 17.8 Å². The zero-order valence-electron chi connectivity index (χ0n) is 28.2. The van der Waals surface area contributed by atoms with Crippen molar-refractivity contribution in [2.75, 3.05) is 23.7 Å². The Kier molecular flexibility index (Phi) is 9.06. The van der Waals surface area contributed by atoms with E-state index < -0.39 is 5.52 Å². The number of hydrogen-bond acceptors (Lipinski definition) is 11. The van der Waals surface area contributed by atoms with Gasteiger partial charge in [0.2, 0.25) is 0 Å². The molecule has 7 rings (SSSR count). The van der Waals surface area contributed by atoms with Crippen LogP contribution in [0.5, 0.6) is 0 Å². The molecule has 11 nitrogen and oxygen atoms in total. The zero-order valence-corrected chi connectivity index (χ0v) is 29.0. The second kappa shape index (κ2) is 13.1. The number of aromatic nitrogens is 5. The molecule has 248 valence electrons. The van der Waals surface area contributed by atoms with Gasteiger partial charge in [-0.15, -0.1) is 11.3 Å². The fraction of sp³-hybridized carbons (Fsp3) is 0.618. The molecule has 2 fully saturated rings. The summed E-state index contributed by atoms with van der Waals surface area (Å²) < 4.78 is 8.15. The van der Waals surface area contributed by atoms with E-state index >= 15 is 0 Å². The molecule has 4 aromatic rings. The molecular formula is C34H43B2N9O2S. The van der Waals surface area contributed by atoms with Gasteiger partial charge in [0.25, 0.3) is 0 Å². The van der Waals surface area contributed by atoms with Gasteiger partial charge in [0.15, 0.2) is 22.9 Å². The van der Waals surface area contributed by atoms with Gasteiger partial charge < -0.3 is 20.3 Å². The van der Waals surface area contributed by atoms with Crippen molar-refractivity contribution >= 4 is 48.9 Å². The molecule has 3 atom stereocenters. The molecule has 0 saturated carbocycles. The van der Waals surface area contributed by atoms with Crippen molar-refractivity contribution in [3.8, 4) is 28.9 Å². The summed E-state index contributed by atoms with van der Waals surface area (Å²) in [6.45, 7) is 8.58. The van der Waals surface area contributed by atoms with Crippen LogP contribution in [-0.4, -0.2) is 81.3 Å². The van der Waals surface area contributed by atoms with E-state index in [4.69, 9.17) is 41.0 Å². The smallest absolute Gasteiger partial charge is 0.186 e. The normalized spacial score (nSPS) is 21.5. The van der Waals surface area contributed by atoms with Crippen LogP contribution in [0.2, 0.25) is 0 Å². The Morgan fingerprint density at radius 2 is 1.98 bits per heavy atom. The molecule has 3 aliphatic heterocycles. The average Bonchev–Trinajstić information content (AvgIpc) is 3.82. The number of aryl methyl sites for hydroxylation is 2. The lowest BCUT2D eigenvalue weighted by atomic mass is 9.71. The number of thiophene rings is 1. The minimum atomic E-state index is -1.91. The number of piperidine rings is 1. The number of nitrogens with two attached hydrogens (primary N) is 1. The van der Waals surface area contributed by atoms with Gasteiger partial charge in [-0.3, -0.25) is 4.90 Å². The number of rotatable bonds is 10. The van der Waals surface area contributed by atoms with Gasteiger partial charge in [0.05, 0.1) is 28.8 Å². The Labute approximate surface area is 288 Å². The first-order valence-electron chi connectivity index (χ1n) is 17.5. The van der Waals surface area contributed by atoms with E-state index in [2.05, 4.69) is 36.9 Å². The molecule has 0 aromatic carbocycles. The summed E-state index contributed by atoms with van der Waals surface area (Å²) in [7, 11) is 12.0. The Hall–Kier alpha value is -3.40. The lowest BCUT2D eigenvalue weighted by Crippen LogP contribution is -2.53. The van der Waals surface area contributed by atoms with E-state index in [1.54, 1.807) is 4.90 Å². The summed E-state index contributed by atoms with van der Waals surface area (Å²) in [5.41, 5.74) is 8.88. The van der Waals surface area contributed by atoms with Gasteiger partial charge in [0, 0.05) is 34.6 Å². The third-order valence-corrected chi connectivity index (χ3v) is 11.5. The van der Waals surface area contributed by atoms with Crippen LogP contribution in [-0.2, 0) is 25.8 Å². The standard InChI is InChI=1S/C34H43B2N9O2S/c1-4-6-10-22-28(42-47-29(22)26-23(16-37)30(38)48-25(26)8-5-2)31-39-32-27-24(14-13-20-12-11-19(3)17-43(20)32)41-45(33(27)40-31)18-21-9-7-15-44(21)34(35,36)46/h19-21,46H,4-15,17-18,38H2,1-3H3/t19?,20-,21?/m1/s1. The predicted octanol–water partition coefficient (Wildman–Crippen LogP) is 4.91. The Morgan fingerprint density at radius 3 is 2.73 bits per heavy atom. The molecule has 48 heavy (non-hydrogen) atoms. The molecule has 3 N–H and O–H groups in total. The lowest BCUT2D eigenvalue weighted by Gasteiger charge is -2.39. The highest BCUT2D eigenvalue weighted by Gasteiger charge is 2.38. The highest BCUT2D eigenvalue weighted by atomic mass is 32.1. The van der Waals surface area contributed by atoms with Gasteiger partial charge in [-0.2, -0.15) is 10.4 Å². The fourth-order valence-electron chi connectivity index (χ4n) is 8.03. The maximum atomic E-state index is 10.5. The quantitative estimate of drug-likeness (QED) is 0.224. The number of likely N-dealkylation sites (tertiary alicyclic amines) is 1. The van der Waals surface area contributed by atoms with Crippen LogP contribution in [0.25, 0.3) is 33.9 Å². The second-order valence-electron chi connectivity index (χ2n) is 13.9. The molecular weight excluding hydrogens is 620 g/mol. The fourth-order valence-corrected chi connectivity index (χ4v) is 9.15. The van der Waals surface area contributed by atoms with Crippen LogP contribution in [0.1, 0.15) is 93.8 Å². The number of anilines is 2. The minimum absolute atomic E-state index is 0.0993. The van der Waals surface area contributed by atoms with Crippen LogP contribution < -0.4 is 10.6 Å². The summed E-state index contributed by atoms with van der Waals surface area (Å²) in [6, 6.07) is 2.61. The largest absolute Gasteiger partial charge is 0.395 e. The highest BCUT2D eigenvalue weighted by Crippen LogP contribution is 2.44. The number of unbranched alkanes of at least 4 members (excludes halogenated alkanes) is 1. The maximum Gasteiger partial charge on any atom is 0.186 e. The Balaban J connectivity index is 1.42. The lowest BCUT2D eigenvalue weighted by molar-refractivity contribution is 0.0165. The molecule has 3 aliphatic rings. The molecule has 2 saturated heterocycles. The van der Waals surface area contributed by atoms with Gasteiger partial charge in [-0.25, -0.2) is 14.6 Å². The second-order valence-corrected chi connectivity index (χ2v) is 15.1. The van der Waals surface area contributed by atoms with Crippen molar-refractivity contribution in [2.45, 2.75) is 116 Å². The molecule has 0 bridgehead atoms. The first-order valence-corrected chi connectivity index (χ1v) is 18.4. The van der Waals surface area contributed by atoms with Crippen molar-refractivity contribution in [1.82, 2.24) is 29.8 Å². The van der Waals surface area contributed by atoms with E-state index in [0.29, 0.717) is 59.3 Å². The van der Waals surface area contributed by atoms with E-state index in [0.717, 1.165) is 103 Å². The van der Waals surface area contributed by atoms with Gasteiger partial charge in [-0.05, 0) is 70.3 Å². The monoisotopic (exact) mass is 663 g/mol. The SMILES string of the molecule is [B]C([B])(O)N1CCCC1Cn1nc2c3c(nc(-c4noc(-c5c(CCC)sc(N)c5C#N)c4CCCC)nc31)N1CC(C)CC[C@@H]1CC2. The van der Waals surface area contributed by atoms with Crippen LogP contribution in [0.15, 0.2) is 4.52 Å². The number of aliphatic hydroxyl groups is 1. The number of fused-ring (bicyclic) bond motifs is 2. The minimum Gasteiger partial charge on any atom is -0.395 e. The molecule has 14 heteroatoms. The predicted molar refractivity (Wildman–Crippen MR) is 190 cm³/mol. The highest BCUT2D eigenvalue weighted by molar-refractivity contribution is 7.16. The zero-order chi connectivity index (χ0) is 33.7. The summed E-state index contributed by atoms with van der Waals surface area (Å²) in [4.78, 5) is 15.8. The molecule has 4 radical (unpaired) electrons. The van der Waals surface area contributed by atoms with Crippen molar-refractivity contribution in [1.29, 1.82) is 5.26 Å². The van der Waals surface area contributed by atoms with E-state index in [9.17, 15) is 10.4 Å². The van der Waals surface area contributed by atoms with E-state index in [1.807, 2.05) is 4.68 Å².